The van der Waals surface area contributed by atoms with Crippen molar-refractivity contribution in [2.75, 3.05) is 12.4 Å². The standard InChI is InChI=1S/C16H17NO5S/c1-9(2)22-12-8-10(4-5-11(12)21-3)17-15(18)13-6-7-14(23-13)16(19)20/h4-9H,1-3H3,(H,17,18)(H,19,20). The van der Waals surface area contributed by atoms with Gasteiger partial charge in [0.05, 0.1) is 18.1 Å². The first-order chi connectivity index (χ1) is 10.9. The van der Waals surface area contributed by atoms with E-state index < -0.39 is 5.97 Å². The van der Waals surface area contributed by atoms with Crippen LogP contribution in [0.5, 0.6) is 11.5 Å². The molecule has 1 amide bonds. The highest BCUT2D eigenvalue weighted by Gasteiger charge is 2.14. The number of hydrogen-bond acceptors (Lipinski definition) is 5. The number of amides is 1. The van der Waals surface area contributed by atoms with Gasteiger partial charge < -0.3 is 19.9 Å². The minimum absolute atomic E-state index is 0.0368. The third-order valence-corrected chi connectivity index (χ3v) is 3.90. The Morgan fingerprint density at radius 1 is 1.13 bits per heavy atom. The molecule has 0 bridgehead atoms. The molecule has 1 aromatic carbocycles. The molecular formula is C16H17NO5S. The number of carboxylic acids is 1. The monoisotopic (exact) mass is 335 g/mol. The molecule has 122 valence electrons. The summed E-state index contributed by atoms with van der Waals surface area (Å²) in [5, 5.41) is 11.6. The lowest BCUT2D eigenvalue weighted by molar-refractivity contribution is 0.0702. The van der Waals surface area contributed by atoms with Gasteiger partial charge in [0.25, 0.3) is 5.91 Å². The normalized spacial score (nSPS) is 10.4. The van der Waals surface area contributed by atoms with Crippen molar-refractivity contribution in [1.29, 1.82) is 0 Å². The summed E-state index contributed by atoms with van der Waals surface area (Å²) in [6.07, 6.45) is -0.0368. The van der Waals surface area contributed by atoms with Crippen LogP contribution in [0.1, 0.15) is 33.2 Å². The van der Waals surface area contributed by atoms with Gasteiger partial charge in [0.15, 0.2) is 11.5 Å². The molecule has 7 heteroatoms. The summed E-state index contributed by atoms with van der Waals surface area (Å²) >= 11 is 0.923. The highest BCUT2D eigenvalue weighted by atomic mass is 32.1. The molecule has 0 radical (unpaired) electrons. The maximum absolute atomic E-state index is 12.2. The van der Waals surface area contributed by atoms with E-state index in [9.17, 15) is 9.59 Å². The van der Waals surface area contributed by atoms with Crippen molar-refractivity contribution in [1.82, 2.24) is 0 Å². The van der Waals surface area contributed by atoms with E-state index in [2.05, 4.69) is 5.32 Å². The molecule has 0 unspecified atom stereocenters. The summed E-state index contributed by atoms with van der Waals surface area (Å²) in [5.41, 5.74) is 0.539. The number of nitrogens with one attached hydrogen (secondary N) is 1. The fourth-order valence-electron chi connectivity index (χ4n) is 1.87. The van der Waals surface area contributed by atoms with E-state index in [1.165, 1.54) is 12.1 Å². The van der Waals surface area contributed by atoms with Crippen LogP contribution in [-0.4, -0.2) is 30.2 Å². The van der Waals surface area contributed by atoms with Crippen LogP contribution in [0.25, 0.3) is 0 Å². The SMILES string of the molecule is COc1ccc(NC(=O)c2ccc(C(=O)O)s2)cc1OC(C)C. The number of carbonyl (C=O) groups is 2. The Labute approximate surface area is 137 Å². The molecule has 1 heterocycles. The number of aromatic carboxylic acids is 1. The zero-order valence-corrected chi connectivity index (χ0v) is 13.8. The highest BCUT2D eigenvalue weighted by molar-refractivity contribution is 7.15. The van der Waals surface area contributed by atoms with E-state index in [0.717, 1.165) is 11.3 Å². The fourth-order valence-corrected chi connectivity index (χ4v) is 2.61. The maximum Gasteiger partial charge on any atom is 0.345 e. The Balaban J connectivity index is 2.18. The van der Waals surface area contributed by atoms with E-state index in [1.54, 1.807) is 25.3 Å². The first-order valence-electron chi connectivity index (χ1n) is 6.90. The fraction of sp³-hybridized carbons (Fsp3) is 0.250. The summed E-state index contributed by atoms with van der Waals surface area (Å²) in [6.45, 7) is 3.79. The van der Waals surface area contributed by atoms with Crippen molar-refractivity contribution in [3.63, 3.8) is 0 Å². The summed E-state index contributed by atoms with van der Waals surface area (Å²) in [6, 6.07) is 7.95. The van der Waals surface area contributed by atoms with E-state index in [4.69, 9.17) is 14.6 Å². The Morgan fingerprint density at radius 3 is 2.39 bits per heavy atom. The number of methoxy groups -OCH3 is 1. The van der Waals surface area contributed by atoms with Gasteiger partial charge >= 0.3 is 5.97 Å². The van der Waals surface area contributed by atoms with Crippen molar-refractivity contribution in [3.05, 3.63) is 40.1 Å². The van der Waals surface area contributed by atoms with Gasteiger partial charge in [-0.1, -0.05) is 0 Å². The van der Waals surface area contributed by atoms with Gasteiger partial charge in [0.2, 0.25) is 0 Å². The number of carbonyl (C=O) groups excluding carboxylic acids is 1. The largest absolute Gasteiger partial charge is 0.493 e. The Bertz CT molecular complexity index is 723. The topological polar surface area (TPSA) is 84.9 Å². The zero-order valence-electron chi connectivity index (χ0n) is 13.0. The van der Waals surface area contributed by atoms with Gasteiger partial charge in [-0.2, -0.15) is 0 Å². The minimum atomic E-state index is -1.05. The zero-order chi connectivity index (χ0) is 17.0. The summed E-state index contributed by atoms with van der Waals surface area (Å²) in [4.78, 5) is 23.5. The minimum Gasteiger partial charge on any atom is -0.493 e. The predicted octanol–water partition coefficient (Wildman–Crippen LogP) is 3.49. The number of carboxylic acid groups (broad SMARTS) is 1. The number of anilines is 1. The smallest absolute Gasteiger partial charge is 0.345 e. The lowest BCUT2D eigenvalue weighted by Gasteiger charge is -2.15. The van der Waals surface area contributed by atoms with Gasteiger partial charge in [-0.15, -0.1) is 11.3 Å². The number of benzene rings is 1. The lowest BCUT2D eigenvalue weighted by Crippen LogP contribution is -2.11. The van der Waals surface area contributed by atoms with E-state index in [-0.39, 0.29) is 16.9 Å². The van der Waals surface area contributed by atoms with Crippen molar-refractivity contribution in [3.8, 4) is 11.5 Å². The molecule has 0 saturated heterocycles. The molecule has 1 aromatic heterocycles. The van der Waals surface area contributed by atoms with Gasteiger partial charge in [-0.05, 0) is 38.1 Å². The van der Waals surface area contributed by atoms with Gasteiger partial charge in [-0.25, -0.2) is 4.79 Å². The number of hydrogen-bond donors (Lipinski definition) is 2. The van der Waals surface area contributed by atoms with Crippen LogP contribution in [0.4, 0.5) is 5.69 Å². The Kier molecular flexibility index (Phi) is 5.23. The Morgan fingerprint density at radius 2 is 1.83 bits per heavy atom. The van der Waals surface area contributed by atoms with Crippen LogP contribution in [-0.2, 0) is 0 Å². The average molecular weight is 335 g/mol. The molecule has 2 rings (SSSR count). The quantitative estimate of drug-likeness (QED) is 0.844. The van der Waals surface area contributed by atoms with Gasteiger partial charge in [-0.3, -0.25) is 4.79 Å². The van der Waals surface area contributed by atoms with Crippen LogP contribution >= 0.6 is 11.3 Å². The number of thiophene rings is 1. The molecule has 0 fully saturated rings. The second-order valence-electron chi connectivity index (χ2n) is 4.96. The predicted molar refractivity (Wildman–Crippen MR) is 88.0 cm³/mol. The first kappa shape index (κ1) is 16.8. The van der Waals surface area contributed by atoms with Crippen LogP contribution < -0.4 is 14.8 Å². The van der Waals surface area contributed by atoms with Gasteiger partial charge in [0, 0.05) is 11.8 Å². The van der Waals surface area contributed by atoms with E-state index in [1.807, 2.05) is 13.8 Å². The van der Waals surface area contributed by atoms with E-state index >= 15 is 0 Å². The van der Waals surface area contributed by atoms with Crippen molar-refractivity contribution in [2.24, 2.45) is 0 Å². The molecule has 0 saturated carbocycles. The van der Waals surface area contributed by atoms with Crippen LogP contribution in [0.2, 0.25) is 0 Å². The summed E-state index contributed by atoms with van der Waals surface area (Å²) in [7, 11) is 1.54. The average Bonchev–Trinajstić information content (AvgIpc) is 2.97. The first-order valence-corrected chi connectivity index (χ1v) is 7.71. The van der Waals surface area contributed by atoms with Gasteiger partial charge in [0.1, 0.15) is 4.88 Å². The van der Waals surface area contributed by atoms with E-state index in [0.29, 0.717) is 22.1 Å². The van der Waals surface area contributed by atoms with Crippen LogP contribution in [0.3, 0.4) is 0 Å². The number of rotatable bonds is 6. The van der Waals surface area contributed by atoms with Crippen molar-refractivity contribution < 1.29 is 24.2 Å². The third-order valence-electron chi connectivity index (χ3n) is 2.82. The summed E-state index contributed by atoms with van der Waals surface area (Å²) < 4.78 is 10.9. The molecule has 0 spiro atoms. The molecule has 23 heavy (non-hydrogen) atoms. The molecule has 2 aromatic rings. The summed E-state index contributed by atoms with van der Waals surface area (Å²) in [5.74, 6) is -0.326. The molecule has 0 aliphatic heterocycles. The van der Waals surface area contributed by atoms with Crippen LogP contribution in [0.15, 0.2) is 30.3 Å². The molecular weight excluding hydrogens is 318 g/mol. The molecule has 6 nitrogen and oxygen atoms in total. The third kappa shape index (κ3) is 4.23. The second-order valence-corrected chi connectivity index (χ2v) is 6.04. The second kappa shape index (κ2) is 7.15. The molecule has 0 aliphatic rings. The number of ether oxygens (including phenoxy) is 2. The molecule has 2 N–H and O–H groups in total. The van der Waals surface area contributed by atoms with Crippen molar-refractivity contribution >= 4 is 28.9 Å². The lowest BCUT2D eigenvalue weighted by atomic mass is 10.2. The van der Waals surface area contributed by atoms with Crippen LogP contribution in [0, 0.1) is 0 Å². The molecule has 0 aliphatic carbocycles. The maximum atomic E-state index is 12.2. The highest BCUT2D eigenvalue weighted by Crippen LogP contribution is 2.31. The Hall–Kier alpha value is -2.54. The van der Waals surface area contributed by atoms with Crippen molar-refractivity contribution in [2.45, 2.75) is 20.0 Å². The molecule has 0 atom stereocenters.